The fraction of sp³-hybridized carbons (Fsp3) is 0.417. The Balaban J connectivity index is 2.21. The summed E-state index contributed by atoms with van der Waals surface area (Å²) in [7, 11) is 0. The number of carbonyl (C=O) groups excluding carboxylic acids is 1. The van der Waals surface area contributed by atoms with Crippen molar-refractivity contribution in [3.63, 3.8) is 0 Å². The molecule has 0 spiro atoms. The third kappa shape index (κ3) is 2.02. The fourth-order valence-electron chi connectivity index (χ4n) is 1.96. The lowest BCUT2D eigenvalue weighted by atomic mass is 10.1. The van der Waals surface area contributed by atoms with Crippen LogP contribution in [-0.4, -0.2) is 35.0 Å². The summed E-state index contributed by atoms with van der Waals surface area (Å²) in [6, 6.07) is 5.15. The van der Waals surface area contributed by atoms with Crippen LogP contribution in [0.5, 0.6) is 5.75 Å². The minimum atomic E-state index is -0.134. The molecule has 0 radical (unpaired) electrons. The van der Waals surface area contributed by atoms with Gasteiger partial charge in [0.25, 0.3) is 5.91 Å². The topological polar surface area (TPSA) is 66.6 Å². The zero-order valence-electron chi connectivity index (χ0n) is 9.31. The van der Waals surface area contributed by atoms with Gasteiger partial charge in [0, 0.05) is 19.1 Å². The number of carbonyl (C=O) groups is 1. The van der Waals surface area contributed by atoms with Crippen molar-refractivity contribution in [2.24, 2.45) is 5.73 Å². The molecule has 1 aliphatic heterocycles. The van der Waals surface area contributed by atoms with Gasteiger partial charge in [0.15, 0.2) is 0 Å². The summed E-state index contributed by atoms with van der Waals surface area (Å²) in [6.07, 6.45) is 0.832. The Bertz CT molecular complexity index is 417. The highest BCUT2D eigenvalue weighted by atomic mass is 16.3. The lowest BCUT2D eigenvalue weighted by Gasteiger charge is -2.16. The van der Waals surface area contributed by atoms with Crippen molar-refractivity contribution in [2.45, 2.75) is 19.4 Å². The van der Waals surface area contributed by atoms with Crippen molar-refractivity contribution < 1.29 is 9.90 Å². The summed E-state index contributed by atoms with van der Waals surface area (Å²) in [5, 5.41) is 9.71. The number of benzene rings is 1. The molecule has 1 aromatic rings. The molecule has 1 aliphatic rings. The predicted molar refractivity (Wildman–Crippen MR) is 61.3 cm³/mol. The molecule has 0 aromatic heterocycles. The van der Waals surface area contributed by atoms with Crippen LogP contribution in [0.2, 0.25) is 0 Å². The van der Waals surface area contributed by atoms with Crippen molar-refractivity contribution in [1.29, 1.82) is 0 Å². The van der Waals surface area contributed by atoms with E-state index in [-0.39, 0.29) is 17.7 Å². The second kappa shape index (κ2) is 4.14. The Hall–Kier alpha value is -1.55. The standard InChI is InChI=1S/C12H16N2O2/c1-8-2-3-10(11(15)6-8)12(16)14-5-4-9(13)7-14/h2-3,6,9,15H,4-5,7,13H2,1H3. The number of nitrogens with zero attached hydrogens (tertiary/aromatic N) is 1. The maximum atomic E-state index is 12.0. The molecule has 0 bridgehead atoms. The maximum absolute atomic E-state index is 12.0. The normalized spacial score (nSPS) is 20.1. The molecule has 2 rings (SSSR count). The van der Waals surface area contributed by atoms with Gasteiger partial charge in [-0.1, -0.05) is 6.07 Å². The van der Waals surface area contributed by atoms with Gasteiger partial charge in [-0.15, -0.1) is 0 Å². The SMILES string of the molecule is Cc1ccc(C(=O)N2CCC(N)C2)c(O)c1. The molecule has 16 heavy (non-hydrogen) atoms. The average Bonchev–Trinajstić information content (AvgIpc) is 2.64. The van der Waals surface area contributed by atoms with E-state index in [1.807, 2.05) is 13.0 Å². The van der Waals surface area contributed by atoms with Gasteiger partial charge in [-0.05, 0) is 31.0 Å². The fourth-order valence-corrected chi connectivity index (χ4v) is 1.96. The number of phenols is 1. The zero-order chi connectivity index (χ0) is 11.7. The first-order valence-corrected chi connectivity index (χ1v) is 5.42. The number of phenolic OH excluding ortho intramolecular Hbond substituents is 1. The molecule has 1 unspecified atom stereocenters. The van der Waals surface area contributed by atoms with Crippen molar-refractivity contribution in [2.75, 3.05) is 13.1 Å². The summed E-state index contributed by atoms with van der Waals surface area (Å²) < 4.78 is 0. The van der Waals surface area contributed by atoms with E-state index in [9.17, 15) is 9.90 Å². The second-order valence-corrected chi connectivity index (χ2v) is 4.32. The smallest absolute Gasteiger partial charge is 0.257 e. The first-order valence-electron chi connectivity index (χ1n) is 5.42. The van der Waals surface area contributed by atoms with Gasteiger partial charge in [0.05, 0.1) is 5.56 Å². The molecule has 4 nitrogen and oxygen atoms in total. The molecule has 3 N–H and O–H groups in total. The van der Waals surface area contributed by atoms with Gasteiger partial charge in [-0.2, -0.15) is 0 Å². The molecule has 1 fully saturated rings. The van der Waals surface area contributed by atoms with Crippen molar-refractivity contribution in [1.82, 2.24) is 4.90 Å². The number of rotatable bonds is 1. The largest absolute Gasteiger partial charge is 0.507 e. The van der Waals surface area contributed by atoms with E-state index < -0.39 is 0 Å². The molecule has 86 valence electrons. The first-order chi connectivity index (χ1) is 7.58. The molecule has 1 atom stereocenters. The minimum absolute atomic E-state index is 0.0467. The quantitative estimate of drug-likeness (QED) is 0.738. The highest BCUT2D eigenvalue weighted by Crippen LogP contribution is 2.21. The van der Waals surface area contributed by atoms with Crippen LogP contribution in [0.15, 0.2) is 18.2 Å². The Kier molecular flexibility index (Phi) is 2.83. The van der Waals surface area contributed by atoms with E-state index in [0.717, 1.165) is 12.0 Å². The van der Waals surface area contributed by atoms with E-state index in [4.69, 9.17) is 5.73 Å². The van der Waals surface area contributed by atoms with Crippen LogP contribution < -0.4 is 5.73 Å². The highest BCUT2D eigenvalue weighted by molar-refractivity contribution is 5.97. The third-order valence-electron chi connectivity index (χ3n) is 2.90. The van der Waals surface area contributed by atoms with E-state index in [1.54, 1.807) is 17.0 Å². The maximum Gasteiger partial charge on any atom is 0.257 e. The highest BCUT2D eigenvalue weighted by Gasteiger charge is 2.25. The van der Waals surface area contributed by atoms with Crippen LogP contribution in [-0.2, 0) is 0 Å². The monoisotopic (exact) mass is 220 g/mol. The van der Waals surface area contributed by atoms with Crippen LogP contribution in [0, 0.1) is 6.92 Å². The Morgan fingerprint density at radius 2 is 2.31 bits per heavy atom. The number of amides is 1. The van der Waals surface area contributed by atoms with E-state index in [2.05, 4.69) is 0 Å². The summed E-state index contributed by atoms with van der Waals surface area (Å²) >= 11 is 0. The van der Waals surface area contributed by atoms with E-state index >= 15 is 0 Å². The lowest BCUT2D eigenvalue weighted by Crippen LogP contribution is -2.31. The minimum Gasteiger partial charge on any atom is -0.507 e. The van der Waals surface area contributed by atoms with Crippen LogP contribution in [0.3, 0.4) is 0 Å². The molecular formula is C12H16N2O2. The van der Waals surface area contributed by atoms with Gasteiger partial charge >= 0.3 is 0 Å². The number of aryl methyl sites for hydroxylation is 1. The van der Waals surface area contributed by atoms with Gasteiger partial charge in [-0.25, -0.2) is 0 Å². The molecule has 1 amide bonds. The van der Waals surface area contributed by atoms with Gasteiger partial charge in [0.2, 0.25) is 0 Å². The Morgan fingerprint density at radius 3 is 2.88 bits per heavy atom. The van der Waals surface area contributed by atoms with Crippen LogP contribution in [0.25, 0.3) is 0 Å². The number of hydrogen-bond acceptors (Lipinski definition) is 3. The van der Waals surface area contributed by atoms with Crippen molar-refractivity contribution in [3.8, 4) is 5.75 Å². The summed E-state index contributed by atoms with van der Waals surface area (Å²) in [5.41, 5.74) is 7.04. The average molecular weight is 220 g/mol. The molecule has 1 heterocycles. The number of nitrogens with two attached hydrogens (primary N) is 1. The summed E-state index contributed by atoms with van der Waals surface area (Å²) in [4.78, 5) is 13.7. The van der Waals surface area contributed by atoms with Gasteiger partial charge in [0.1, 0.15) is 5.75 Å². The number of aromatic hydroxyl groups is 1. The molecule has 4 heteroatoms. The van der Waals surface area contributed by atoms with Crippen LogP contribution in [0.1, 0.15) is 22.3 Å². The second-order valence-electron chi connectivity index (χ2n) is 4.32. The molecule has 0 aliphatic carbocycles. The molecular weight excluding hydrogens is 204 g/mol. The number of likely N-dealkylation sites (tertiary alicyclic amines) is 1. The van der Waals surface area contributed by atoms with Gasteiger partial charge < -0.3 is 15.7 Å². The van der Waals surface area contributed by atoms with Crippen LogP contribution in [0.4, 0.5) is 0 Å². The number of hydrogen-bond donors (Lipinski definition) is 2. The zero-order valence-corrected chi connectivity index (χ0v) is 9.31. The summed E-state index contributed by atoms with van der Waals surface area (Å²) in [6.45, 7) is 3.12. The van der Waals surface area contributed by atoms with Crippen molar-refractivity contribution in [3.05, 3.63) is 29.3 Å². The van der Waals surface area contributed by atoms with Gasteiger partial charge in [-0.3, -0.25) is 4.79 Å². The lowest BCUT2D eigenvalue weighted by molar-refractivity contribution is 0.0788. The van der Waals surface area contributed by atoms with E-state index in [1.165, 1.54) is 0 Å². The molecule has 1 saturated heterocycles. The van der Waals surface area contributed by atoms with E-state index in [0.29, 0.717) is 18.7 Å². The first kappa shape index (κ1) is 11.0. The summed E-state index contributed by atoms with van der Waals surface area (Å²) in [5.74, 6) is -0.0871. The molecule has 0 saturated carbocycles. The Labute approximate surface area is 94.7 Å². The third-order valence-corrected chi connectivity index (χ3v) is 2.90. The molecule has 1 aromatic carbocycles. The van der Waals surface area contributed by atoms with Crippen LogP contribution >= 0.6 is 0 Å². The predicted octanol–water partition coefficient (Wildman–Crippen LogP) is 0.874. The Morgan fingerprint density at radius 1 is 1.56 bits per heavy atom. The van der Waals surface area contributed by atoms with Crippen molar-refractivity contribution >= 4 is 5.91 Å².